The summed E-state index contributed by atoms with van der Waals surface area (Å²) < 4.78 is 2.53. The number of nitrogen functional groups attached to an aromatic ring is 1. The first kappa shape index (κ1) is 21.8. The Kier molecular flexibility index (Phi) is 6.13. The first-order chi connectivity index (χ1) is 14.1. The molecule has 0 aliphatic carbocycles. The van der Waals surface area contributed by atoms with Gasteiger partial charge in [-0.2, -0.15) is 0 Å². The first-order valence-corrected chi connectivity index (χ1v) is 10.7. The average Bonchev–Trinajstić information content (AvgIpc) is 3.14. The van der Waals surface area contributed by atoms with Gasteiger partial charge in [0.2, 0.25) is 5.13 Å². The molecule has 158 valence electrons. The van der Waals surface area contributed by atoms with Crippen LogP contribution in [0.2, 0.25) is 0 Å². The van der Waals surface area contributed by atoms with Gasteiger partial charge in [0.25, 0.3) is 5.56 Å². The van der Waals surface area contributed by atoms with Crippen molar-refractivity contribution in [1.82, 2.24) is 19.3 Å². The van der Waals surface area contributed by atoms with Crippen molar-refractivity contribution in [2.75, 3.05) is 11.1 Å². The summed E-state index contributed by atoms with van der Waals surface area (Å²) in [5.74, 6) is -0.609. The van der Waals surface area contributed by atoms with Gasteiger partial charge in [0.1, 0.15) is 11.4 Å². The molecule has 1 unspecified atom stereocenters. The van der Waals surface area contributed by atoms with Gasteiger partial charge in [-0.15, -0.1) is 10.2 Å². The SMILES string of the molecule is Cc1ccc(Nc2nnc(SC(C)C(=O)c3c(N)n(C)c(=O)n(C)c3=O)s2)cc1C. The molecule has 3 N–H and O–H groups in total. The van der Waals surface area contributed by atoms with E-state index in [2.05, 4.69) is 15.5 Å². The minimum atomic E-state index is -0.706. The molecule has 0 aliphatic heterocycles. The average molecular weight is 447 g/mol. The van der Waals surface area contributed by atoms with Gasteiger partial charge in [0.05, 0.1) is 5.25 Å². The van der Waals surface area contributed by atoms with Crippen LogP contribution in [0.1, 0.15) is 28.4 Å². The molecule has 0 radical (unpaired) electrons. The number of nitrogens with one attached hydrogen (secondary N) is 1. The van der Waals surface area contributed by atoms with E-state index >= 15 is 0 Å². The number of anilines is 3. The first-order valence-electron chi connectivity index (χ1n) is 9.04. The number of aryl methyl sites for hydroxylation is 2. The van der Waals surface area contributed by atoms with Gasteiger partial charge in [-0.05, 0) is 44.0 Å². The molecule has 0 fully saturated rings. The van der Waals surface area contributed by atoms with Crippen molar-refractivity contribution >= 4 is 45.5 Å². The minimum absolute atomic E-state index is 0.144. The second-order valence-corrected chi connectivity index (χ2v) is 9.45. The molecule has 2 aromatic heterocycles. The van der Waals surface area contributed by atoms with Crippen molar-refractivity contribution in [3.8, 4) is 0 Å². The Morgan fingerprint density at radius 3 is 2.53 bits per heavy atom. The molecule has 0 spiro atoms. The van der Waals surface area contributed by atoms with E-state index in [0.29, 0.717) is 9.47 Å². The largest absolute Gasteiger partial charge is 0.384 e. The highest BCUT2D eigenvalue weighted by molar-refractivity contribution is 8.02. The van der Waals surface area contributed by atoms with E-state index in [4.69, 9.17) is 5.73 Å². The molecular formula is C19H22N6O3S2. The molecule has 0 amide bonds. The van der Waals surface area contributed by atoms with Crippen molar-refractivity contribution in [1.29, 1.82) is 0 Å². The minimum Gasteiger partial charge on any atom is -0.384 e. The molecule has 1 aromatic carbocycles. The van der Waals surface area contributed by atoms with Crippen LogP contribution in [0.5, 0.6) is 0 Å². The molecule has 0 bridgehead atoms. The molecule has 3 aromatic rings. The highest BCUT2D eigenvalue weighted by atomic mass is 32.2. The van der Waals surface area contributed by atoms with Gasteiger partial charge in [-0.3, -0.25) is 18.7 Å². The molecular weight excluding hydrogens is 424 g/mol. The molecule has 11 heteroatoms. The third kappa shape index (κ3) is 4.17. The summed E-state index contributed by atoms with van der Waals surface area (Å²) in [6.45, 7) is 5.74. The Labute approximate surface area is 181 Å². The van der Waals surface area contributed by atoms with Gasteiger partial charge in [-0.25, -0.2) is 4.79 Å². The lowest BCUT2D eigenvalue weighted by Crippen LogP contribution is -2.42. The predicted molar refractivity (Wildman–Crippen MR) is 120 cm³/mol. The lowest BCUT2D eigenvalue weighted by atomic mass is 10.1. The quantitative estimate of drug-likeness (QED) is 0.436. The molecule has 1 atom stereocenters. The van der Waals surface area contributed by atoms with Crippen molar-refractivity contribution in [3.63, 3.8) is 0 Å². The number of benzene rings is 1. The Hall–Kier alpha value is -2.92. The van der Waals surface area contributed by atoms with Crippen LogP contribution in [-0.2, 0) is 14.1 Å². The number of thioether (sulfide) groups is 1. The smallest absolute Gasteiger partial charge is 0.332 e. The third-order valence-electron chi connectivity index (χ3n) is 4.77. The number of carbonyl (C=O) groups excluding carboxylic acids is 1. The third-order valence-corrected chi connectivity index (χ3v) is 6.79. The standard InChI is InChI=1S/C19H22N6O3S2/c1-9-6-7-12(8-10(9)2)21-17-22-23-18(30-17)29-11(3)14(26)13-15(20)24(4)19(28)25(5)16(13)27/h6-8,11H,20H2,1-5H3,(H,21,22). The van der Waals surface area contributed by atoms with E-state index in [1.54, 1.807) is 6.92 Å². The molecule has 0 aliphatic rings. The predicted octanol–water partition coefficient (Wildman–Crippen LogP) is 2.24. The number of nitrogens with zero attached hydrogens (tertiary/aromatic N) is 4. The number of aromatic nitrogens is 4. The van der Waals surface area contributed by atoms with Gasteiger partial charge in [0.15, 0.2) is 10.1 Å². The van der Waals surface area contributed by atoms with E-state index in [0.717, 1.165) is 20.4 Å². The Balaban J connectivity index is 1.78. The number of hydrogen-bond acceptors (Lipinski definition) is 9. The van der Waals surface area contributed by atoms with Crippen molar-refractivity contribution in [2.45, 2.75) is 30.4 Å². The summed E-state index contributed by atoms with van der Waals surface area (Å²) in [7, 11) is 2.73. The summed E-state index contributed by atoms with van der Waals surface area (Å²) in [6, 6.07) is 6.00. The normalized spacial score (nSPS) is 12.0. The summed E-state index contributed by atoms with van der Waals surface area (Å²) in [6.07, 6.45) is 0. The second-order valence-electron chi connectivity index (χ2n) is 6.89. The monoisotopic (exact) mass is 446 g/mol. The molecule has 9 nitrogen and oxygen atoms in total. The Morgan fingerprint density at radius 1 is 1.17 bits per heavy atom. The van der Waals surface area contributed by atoms with Gasteiger partial charge in [-0.1, -0.05) is 29.2 Å². The molecule has 0 saturated carbocycles. The van der Waals surface area contributed by atoms with Crippen LogP contribution < -0.4 is 22.3 Å². The summed E-state index contributed by atoms with van der Waals surface area (Å²) in [5, 5.41) is 11.4. The summed E-state index contributed by atoms with van der Waals surface area (Å²) in [5.41, 5.74) is 7.66. The lowest BCUT2D eigenvalue weighted by molar-refractivity contribution is 0.0992. The van der Waals surface area contributed by atoms with Crippen LogP contribution in [-0.4, -0.2) is 30.4 Å². The molecule has 3 rings (SSSR count). The number of Topliss-reactive ketones (excluding diaryl/α,β-unsaturated/α-hetero) is 1. The topological polar surface area (TPSA) is 125 Å². The van der Waals surface area contributed by atoms with Crippen molar-refractivity contribution < 1.29 is 4.79 Å². The second kappa shape index (κ2) is 8.44. The van der Waals surface area contributed by atoms with Crippen LogP contribution in [0.25, 0.3) is 0 Å². The Bertz CT molecular complexity index is 1240. The highest BCUT2D eigenvalue weighted by Gasteiger charge is 2.26. The van der Waals surface area contributed by atoms with Gasteiger partial charge in [0, 0.05) is 19.8 Å². The Morgan fingerprint density at radius 2 is 1.87 bits per heavy atom. The zero-order valence-electron chi connectivity index (χ0n) is 17.2. The van der Waals surface area contributed by atoms with E-state index < -0.39 is 22.3 Å². The number of hydrogen-bond donors (Lipinski definition) is 2. The van der Waals surface area contributed by atoms with Crippen LogP contribution >= 0.6 is 23.1 Å². The van der Waals surface area contributed by atoms with Crippen molar-refractivity contribution in [2.24, 2.45) is 14.1 Å². The summed E-state index contributed by atoms with van der Waals surface area (Å²) in [4.78, 5) is 37.3. The molecule has 2 heterocycles. The van der Waals surface area contributed by atoms with E-state index in [-0.39, 0.29) is 11.4 Å². The van der Waals surface area contributed by atoms with Crippen LogP contribution in [0.15, 0.2) is 32.1 Å². The van der Waals surface area contributed by atoms with Crippen molar-refractivity contribution in [3.05, 3.63) is 55.7 Å². The molecule has 0 saturated heterocycles. The lowest BCUT2D eigenvalue weighted by Gasteiger charge is -2.13. The van der Waals surface area contributed by atoms with Crippen LogP contribution in [0.3, 0.4) is 0 Å². The summed E-state index contributed by atoms with van der Waals surface area (Å²) >= 11 is 2.48. The maximum atomic E-state index is 12.9. The maximum absolute atomic E-state index is 12.9. The van der Waals surface area contributed by atoms with Gasteiger partial charge < -0.3 is 11.1 Å². The highest BCUT2D eigenvalue weighted by Crippen LogP contribution is 2.32. The zero-order chi connectivity index (χ0) is 22.2. The number of nitrogens with two attached hydrogens (primary N) is 1. The van der Waals surface area contributed by atoms with E-state index in [1.165, 1.54) is 42.8 Å². The maximum Gasteiger partial charge on any atom is 0.332 e. The van der Waals surface area contributed by atoms with Gasteiger partial charge >= 0.3 is 5.69 Å². The zero-order valence-corrected chi connectivity index (χ0v) is 18.8. The number of ketones is 1. The van der Waals surface area contributed by atoms with Crippen LogP contribution in [0.4, 0.5) is 16.6 Å². The van der Waals surface area contributed by atoms with E-state index in [1.807, 2.05) is 32.0 Å². The van der Waals surface area contributed by atoms with Crippen LogP contribution in [0, 0.1) is 13.8 Å². The van der Waals surface area contributed by atoms with E-state index in [9.17, 15) is 14.4 Å². The molecule has 30 heavy (non-hydrogen) atoms. The fraction of sp³-hybridized carbons (Fsp3) is 0.316. The fourth-order valence-electron chi connectivity index (χ4n) is 2.75. The number of carbonyl (C=O) groups is 1. The number of rotatable bonds is 6. The fourth-order valence-corrected chi connectivity index (χ4v) is 4.73.